The molecule has 2 aromatic carbocycles. The molecule has 0 radical (unpaired) electrons. The van der Waals surface area contributed by atoms with E-state index in [0.717, 1.165) is 42.2 Å². The monoisotopic (exact) mass is 716 g/mol. The van der Waals surface area contributed by atoms with Crippen molar-refractivity contribution in [3.8, 4) is 39.6 Å². The fourth-order valence-electron chi connectivity index (χ4n) is 4.80. The summed E-state index contributed by atoms with van der Waals surface area (Å²) in [5, 5.41) is 36.7. The van der Waals surface area contributed by atoms with Crippen LogP contribution >= 0.6 is 59.5 Å². The number of aliphatic carboxylic acids is 1. The summed E-state index contributed by atoms with van der Waals surface area (Å²) >= 11 is 9.02. The van der Waals surface area contributed by atoms with Crippen LogP contribution in [0.25, 0.3) is 21.7 Å². The van der Waals surface area contributed by atoms with Crippen LogP contribution in [0, 0.1) is 22.7 Å². The van der Waals surface area contributed by atoms with Gasteiger partial charge in [-0.1, -0.05) is 47.6 Å². The number of carbonyl (C=O) groups is 1. The quantitative estimate of drug-likeness (QED) is 0.112. The number of thiazole rings is 1. The van der Waals surface area contributed by atoms with Gasteiger partial charge in [0.25, 0.3) is 0 Å². The lowest BCUT2D eigenvalue weighted by atomic mass is 9.96. The molecule has 1 fully saturated rings. The fourth-order valence-corrected chi connectivity index (χ4v) is 6.74. The Hall–Kier alpha value is -3.55. The Morgan fingerprint density at radius 2 is 1.72 bits per heavy atom. The van der Waals surface area contributed by atoms with Gasteiger partial charge >= 0.3 is 5.97 Å². The standard InChI is InChI=1S/C32H29ClN6O3S2.2ClH/c1-20(32(40)41)36-12-15-42-25-10-6-21(7-11-25)28-26(16-34)29(39-13-2-3-14-39)38-31(27(28)17-35)44-19-24-18-43-30(37-24)22-4-8-23(33)9-5-22;;/h4-11,18,20,36H,2-3,12-15,19H2,1H3,(H,40,41);2*1H/t20-;;/m0../s1. The average molecular weight is 718 g/mol. The van der Waals surface area contributed by atoms with E-state index >= 15 is 0 Å². The van der Waals surface area contributed by atoms with E-state index in [2.05, 4.69) is 22.4 Å². The maximum Gasteiger partial charge on any atom is 0.320 e. The number of thioether (sulfide) groups is 1. The Balaban J connectivity index is 0.00000288. The number of carboxylic acids is 1. The predicted octanol–water partition coefficient (Wildman–Crippen LogP) is 7.45. The first kappa shape index (κ1) is 36.9. The molecule has 9 nitrogen and oxygen atoms in total. The Bertz CT molecular complexity index is 1720. The molecule has 14 heteroatoms. The summed E-state index contributed by atoms with van der Waals surface area (Å²) in [4.78, 5) is 22.8. The summed E-state index contributed by atoms with van der Waals surface area (Å²) in [6, 6.07) is 18.8. The van der Waals surface area contributed by atoms with Crippen LogP contribution in [-0.4, -0.2) is 53.3 Å². The highest BCUT2D eigenvalue weighted by Crippen LogP contribution is 2.40. The summed E-state index contributed by atoms with van der Waals surface area (Å²) in [7, 11) is 0. The van der Waals surface area contributed by atoms with Crippen molar-refractivity contribution in [1.29, 1.82) is 10.5 Å². The smallest absolute Gasteiger partial charge is 0.320 e. The number of aromatic nitrogens is 2. The van der Waals surface area contributed by atoms with Gasteiger partial charge in [0, 0.05) is 46.9 Å². The molecule has 2 N–H and O–H groups in total. The highest BCUT2D eigenvalue weighted by atomic mass is 35.5. The zero-order chi connectivity index (χ0) is 31.1. The van der Waals surface area contributed by atoms with Gasteiger partial charge in [-0.25, -0.2) is 9.97 Å². The van der Waals surface area contributed by atoms with Gasteiger partial charge in [-0.05, 0) is 49.6 Å². The molecule has 1 aliphatic rings. The molecule has 5 rings (SSSR count). The zero-order valence-corrected chi connectivity index (χ0v) is 28.8. The lowest BCUT2D eigenvalue weighted by Crippen LogP contribution is -2.36. The maximum absolute atomic E-state index is 11.0. The van der Waals surface area contributed by atoms with Crippen LogP contribution in [-0.2, 0) is 10.5 Å². The number of carboxylic acid groups (broad SMARTS) is 1. The third-order valence-electron chi connectivity index (χ3n) is 7.11. The largest absolute Gasteiger partial charge is 0.492 e. The van der Waals surface area contributed by atoms with E-state index in [1.807, 2.05) is 41.8 Å². The van der Waals surface area contributed by atoms with Gasteiger partial charge in [0.1, 0.15) is 52.0 Å². The second-order valence-electron chi connectivity index (χ2n) is 10.1. The molecule has 4 aromatic rings. The lowest BCUT2D eigenvalue weighted by Gasteiger charge is -2.22. The third kappa shape index (κ3) is 8.83. The van der Waals surface area contributed by atoms with Crippen LogP contribution in [0.4, 0.5) is 5.82 Å². The number of hydrogen-bond donors (Lipinski definition) is 2. The molecule has 1 aliphatic heterocycles. The molecule has 0 aliphatic carbocycles. The number of halogens is 3. The first-order valence-corrected chi connectivity index (χ1v) is 16.3. The minimum Gasteiger partial charge on any atom is -0.492 e. The number of benzene rings is 2. The molecule has 2 aromatic heterocycles. The summed E-state index contributed by atoms with van der Waals surface area (Å²) < 4.78 is 5.77. The highest BCUT2D eigenvalue weighted by Gasteiger charge is 2.26. The molecule has 0 spiro atoms. The van der Waals surface area contributed by atoms with Crippen molar-refractivity contribution in [2.24, 2.45) is 0 Å². The lowest BCUT2D eigenvalue weighted by molar-refractivity contribution is -0.139. The maximum atomic E-state index is 11.0. The Labute approximate surface area is 293 Å². The van der Waals surface area contributed by atoms with Crippen molar-refractivity contribution < 1.29 is 14.6 Å². The van der Waals surface area contributed by atoms with Crippen LogP contribution < -0.4 is 15.0 Å². The number of anilines is 1. The predicted molar refractivity (Wildman–Crippen MR) is 188 cm³/mol. The summed E-state index contributed by atoms with van der Waals surface area (Å²) in [5.41, 5.74) is 3.86. The summed E-state index contributed by atoms with van der Waals surface area (Å²) in [5.74, 6) is 0.783. The van der Waals surface area contributed by atoms with Gasteiger partial charge < -0.3 is 20.1 Å². The van der Waals surface area contributed by atoms with Gasteiger partial charge in [0.15, 0.2) is 0 Å². The molecule has 3 heterocycles. The Kier molecular flexibility index (Phi) is 14.0. The molecular weight excluding hydrogens is 687 g/mol. The van der Waals surface area contributed by atoms with E-state index < -0.39 is 12.0 Å². The summed E-state index contributed by atoms with van der Waals surface area (Å²) in [6.45, 7) is 3.83. The minimum absolute atomic E-state index is 0. The van der Waals surface area contributed by atoms with Crippen molar-refractivity contribution in [3.05, 3.63) is 75.8 Å². The van der Waals surface area contributed by atoms with Gasteiger partial charge in [-0.15, -0.1) is 36.2 Å². The normalized spacial score (nSPS) is 12.7. The molecule has 1 saturated heterocycles. The minimum atomic E-state index is -0.923. The number of nitrogens with zero attached hydrogens (tertiary/aromatic N) is 5. The number of pyridine rings is 1. The van der Waals surface area contributed by atoms with Crippen molar-refractivity contribution in [1.82, 2.24) is 15.3 Å². The Morgan fingerprint density at radius 3 is 2.35 bits per heavy atom. The molecule has 1 atom stereocenters. The fraction of sp³-hybridized carbons (Fsp3) is 0.281. The van der Waals surface area contributed by atoms with E-state index in [9.17, 15) is 15.3 Å². The Morgan fingerprint density at radius 1 is 1.07 bits per heavy atom. The second kappa shape index (κ2) is 17.4. The molecule has 240 valence electrons. The SMILES string of the molecule is C[C@H](NCCOc1ccc(-c2c(C#N)c(SCc3csc(-c4ccc(Cl)cc4)n3)nc(N3CCCC3)c2C#N)cc1)C(=O)O.Cl.Cl. The zero-order valence-electron chi connectivity index (χ0n) is 24.7. The van der Waals surface area contributed by atoms with E-state index in [-0.39, 0.29) is 31.4 Å². The third-order valence-corrected chi connectivity index (χ3v) is 9.31. The van der Waals surface area contributed by atoms with Crippen LogP contribution in [0.5, 0.6) is 5.75 Å². The van der Waals surface area contributed by atoms with Crippen molar-refractivity contribution in [3.63, 3.8) is 0 Å². The summed E-state index contributed by atoms with van der Waals surface area (Å²) in [6.07, 6.45) is 2.03. The molecule has 0 amide bonds. The number of nitriles is 2. The number of nitrogens with one attached hydrogen (secondary N) is 1. The van der Waals surface area contributed by atoms with E-state index in [4.69, 9.17) is 31.4 Å². The van der Waals surface area contributed by atoms with E-state index in [1.165, 1.54) is 11.8 Å². The molecule has 0 unspecified atom stereocenters. The van der Waals surface area contributed by atoms with Gasteiger partial charge in [0.05, 0.1) is 11.3 Å². The van der Waals surface area contributed by atoms with Crippen LogP contribution in [0.2, 0.25) is 5.02 Å². The van der Waals surface area contributed by atoms with Crippen LogP contribution in [0.15, 0.2) is 58.9 Å². The second-order valence-corrected chi connectivity index (χ2v) is 12.4. The van der Waals surface area contributed by atoms with Crippen LogP contribution in [0.3, 0.4) is 0 Å². The van der Waals surface area contributed by atoms with Crippen molar-refractivity contribution >= 4 is 71.3 Å². The number of hydrogen-bond acceptors (Lipinski definition) is 10. The van der Waals surface area contributed by atoms with Crippen molar-refractivity contribution in [2.75, 3.05) is 31.1 Å². The van der Waals surface area contributed by atoms with Crippen LogP contribution in [0.1, 0.15) is 36.6 Å². The van der Waals surface area contributed by atoms with Gasteiger partial charge in [-0.2, -0.15) is 10.5 Å². The van der Waals surface area contributed by atoms with E-state index in [0.29, 0.717) is 56.2 Å². The number of ether oxygens (including phenoxy) is 1. The first-order valence-electron chi connectivity index (χ1n) is 14.0. The first-order chi connectivity index (χ1) is 21.4. The van der Waals surface area contributed by atoms with Gasteiger partial charge in [-0.3, -0.25) is 4.79 Å². The average Bonchev–Trinajstić information content (AvgIpc) is 3.75. The molecule has 46 heavy (non-hydrogen) atoms. The molecular formula is C32H31Cl3N6O3S2. The molecule has 0 saturated carbocycles. The van der Waals surface area contributed by atoms with Crippen molar-refractivity contribution in [2.45, 2.75) is 36.6 Å². The number of rotatable bonds is 12. The topological polar surface area (TPSA) is 135 Å². The van der Waals surface area contributed by atoms with E-state index in [1.54, 1.807) is 30.4 Å². The highest BCUT2D eigenvalue weighted by molar-refractivity contribution is 7.98. The van der Waals surface area contributed by atoms with Gasteiger partial charge in [0.2, 0.25) is 0 Å². The molecule has 0 bridgehead atoms.